The first-order valence-electron chi connectivity index (χ1n) is 7.93. The first-order chi connectivity index (χ1) is 11.5. The van der Waals surface area contributed by atoms with Gasteiger partial charge < -0.3 is 9.30 Å². The molecule has 3 rings (SSSR count). The first-order valence-corrected chi connectivity index (χ1v) is 9.37. The highest BCUT2D eigenvalue weighted by molar-refractivity contribution is 7.89. The van der Waals surface area contributed by atoms with Crippen LogP contribution in [-0.2, 0) is 10.0 Å². The molecule has 1 atom stereocenters. The van der Waals surface area contributed by atoms with Gasteiger partial charge >= 0.3 is 0 Å². The van der Waals surface area contributed by atoms with Crippen molar-refractivity contribution < 1.29 is 13.2 Å². The topological polar surface area (TPSA) is 90.2 Å². The maximum atomic E-state index is 12.8. The van der Waals surface area contributed by atoms with Crippen LogP contribution < -0.4 is 4.74 Å². The fraction of sp³-hybridized carbons (Fsp3) is 0.533. The second-order valence-electron chi connectivity index (χ2n) is 6.05. The number of rotatable bonds is 5. The van der Waals surface area contributed by atoms with E-state index in [0.29, 0.717) is 19.0 Å². The lowest BCUT2D eigenvalue weighted by atomic mass is 10.1. The summed E-state index contributed by atoms with van der Waals surface area (Å²) in [6, 6.07) is 1.83. The minimum absolute atomic E-state index is 0.0823. The lowest BCUT2D eigenvalue weighted by molar-refractivity contribution is 0.124. The molecule has 0 amide bonds. The van der Waals surface area contributed by atoms with Gasteiger partial charge in [-0.3, -0.25) is 0 Å². The van der Waals surface area contributed by atoms with Crippen LogP contribution in [0.5, 0.6) is 5.88 Å². The number of hydrogen-bond acceptors (Lipinski definition) is 6. The Kier molecular flexibility index (Phi) is 4.81. The summed E-state index contributed by atoms with van der Waals surface area (Å²) < 4.78 is 34.6. The highest BCUT2D eigenvalue weighted by Gasteiger charge is 2.32. The molecule has 1 aliphatic rings. The first kappa shape index (κ1) is 16.8. The van der Waals surface area contributed by atoms with E-state index < -0.39 is 10.0 Å². The number of ether oxygens (including phenoxy) is 1. The van der Waals surface area contributed by atoms with Gasteiger partial charge in [0.25, 0.3) is 10.0 Å². The summed E-state index contributed by atoms with van der Waals surface area (Å²) in [4.78, 5) is 11.9. The van der Waals surface area contributed by atoms with E-state index in [4.69, 9.17) is 4.74 Å². The molecule has 9 heteroatoms. The average molecular weight is 351 g/mol. The van der Waals surface area contributed by atoms with Crippen molar-refractivity contribution >= 4 is 10.0 Å². The number of sulfonamides is 1. The average Bonchev–Trinajstić information content (AvgIpc) is 3.07. The van der Waals surface area contributed by atoms with E-state index in [9.17, 15) is 8.42 Å². The Bertz CT molecular complexity index is 775. The van der Waals surface area contributed by atoms with Crippen molar-refractivity contribution in [3.8, 4) is 5.88 Å². The molecule has 1 saturated heterocycles. The second kappa shape index (κ2) is 6.86. The summed E-state index contributed by atoms with van der Waals surface area (Å²) in [6.45, 7) is 4.72. The van der Waals surface area contributed by atoms with Crippen LogP contribution in [0.3, 0.4) is 0 Å². The standard InChI is InChI=1S/C15H21N5O3S/c1-12(2)19-9-15(18-11-19)24(21,22)20-7-3-4-13(8-20)23-14-5-6-16-10-17-14/h5-6,9-13H,3-4,7-8H2,1-2H3/t13-/m0/s1. The van der Waals surface area contributed by atoms with Crippen molar-refractivity contribution in [1.82, 2.24) is 23.8 Å². The van der Waals surface area contributed by atoms with Crippen LogP contribution in [0.15, 0.2) is 36.1 Å². The van der Waals surface area contributed by atoms with Gasteiger partial charge in [-0.05, 0) is 26.7 Å². The molecule has 2 aromatic heterocycles. The fourth-order valence-corrected chi connectivity index (χ4v) is 4.04. The van der Waals surface area contributed by atoms with Crippen LogP contribution in [0.2, 0.25) is 0 Å². The van der Waals surface area contributed by atoms with Crippen LogP contribution in [0.4, 0.5) is 0 Å². The van der Waals surface area contributed by atoms with Gasteiger partial charge in [0.05, 0.1) is 12.9 Å². The van der Waals surface area contributed by atoms with E-state index in [1.54, 1.807) is 29.4 Å². The van der Waals surface area contributed by atoms with Gasteiger partial charge in [-0.1, -0.05) is 0 Å². The number of hydrogen-bond donors (Lipinski definition) is 0. The summed E-state index contributed by atoms with van der Waals surface area (Å²) in [7, 11) is -3.61. The maximum Gasteiger partial charge on any atom is 0.262 e. The minimum Gasteiger partial charge on any atom is -0.473 e. The molecule has 0 N–H and O–H groups in total. The monoisotopic (exact) mass is 351 g/mol. The highest BCUT2D eigenvalue weighted by Crippen LogP contribution is 2.22. The lowest BCUT2D eigenvalue weighted by Gasteiger charge is -2.31. The molecule has 1 aliphatic heterocycles. The Balaban J connectivity index is 1.73. The van der Waals surface area contributed by atoms with Crippen molar-refractivity contribution in [3.05, 3.63) is 31.1 Å². The van der Waals surface area contributed by atoms with E-state index in [1.165, 1.54) is 10.6 Å². The van der Waals surface area contributed by atoms with Gasteiger partial charge in [0.1, 0.15) is 12.4 Å². The normalized spacial score (nSPS) is 19.5. The van der Waals surface area contributed by atoms with E-state index in [2.05, 4.69) is 15.0 Å². The van der Waals surface area contributed by atoms with E-state index in [1.807, 2.05) is 13.8 Å². The Labute approximate surface area is 141 Å². The molecule has 24 heavy (non-hydrogen) atoms. The molecule has 0 spiro atoms. The third kappa shape index (κ3) is 3.57. The largest absolute Gasteiger partial charge is 0.473 e. The molecular weight excluding hydrogens is 330 g/mol. The third-order valence-electron chi connectivity index (χ3n) is 3.96. The molecule has 0 aromatic carbocycles. The predicted molar refractivity (Wildman–Crippen MR) is 87.1 cm³/mol. The lowest BCUT2D eigenvalue weighted by Crippen LogP contribution is -2.44. The van der Waals surface area contributed by atoms with Gasteiger partial charge in [0.2, 0.25) is 5.88 Å². The van der Waals surface area contributed by atoms with Crippen LogP contribution >= 0.6 is 0 Å². The van der Waals surface area contributed by atoms with Crippen LogP contribution in [0.25, 0.3) is 0 Å². The van der Waals surface area contributed by atoms with E-state index in [0.717, 1.165) is 12.8 Å². The third-order valence-corrected chi connectivity index (χ3v) is 5.71. The van der Waals surface area contributed by atoms with Gasteiger partial charge in [-0.15, -0.1) is 0 Å². The number of imidazole rings is 1. The maximum absolute atomic E-state index is 12.8. The van der Waals surface area contributed by atoms with Crippen molar-refractivity contribution in [1.29, 1.82) is 0 Å². The summed E-state index contributed by atoms with van der Waals surface area (Å²) in [5, 5.41) is 0.0823. The number of piperidine rings is 1. The summed E-state index contributed by atoms with van der Waals surface area (Å²) in [5.41, 5.74) is 0. The Morgan fingerprint density at radius 2 is 2.17 bits per heavy atom. The van der Waals surface area contributed by atoms with Crippen molar-refractivity contribution in [2.45, 2.75) is 43.9 Å². The molecule has 8 nitrogen and oxygen atoms in total. The van der Waals surface area contributed by atoms with Crippen LogP contribution in [0.1, 0.15) is 32.7 Å². The molecule has 0 radical (unpaired) electrons. The zero-order chi connectivity index (χ0) is 17.2. The summed E-state index contributed by atoms with van der Waals surface area (Å²) >= 11 is 0. The molecule has 0 unspecified atom stereocenters. The van der Waals surface area contributed by atoms with E-state index >= 15 is 0 Å². The van der Waals surface area contributed by atoms with Gasteiger partial charge in [-0.2, -0.15) is 4.31 Å². The summed E-state index contributed by atoms with van der Waals surface area (Å²) in [5.74, 6) is 0.457. The SMILES string of the molecule is CC(C)n1cnc(S(=O)(=O)N2CCC[C@H](Oc3ccncn3)C2)c1. The van der Waals surface area contributed by atoms with Crippen LogP contribution in [0, 0.1) is 0 Å². The Morgan fingerprint density at radius 3 is 2.83 bits per heavy atom. The predicted octanol–water partition coefficient (Wildman–Crippen LogP) is 1.49. The summed E-state index contributed by atoms with van der Waals surface area (Å²) in [6.07, 6.45) is 7.43. The molecule has 1 fully saturated rings. The molecule has 0 aliphatic carbocycles. The van der Waals surface area contributed by atoms with Gasteiger partial charge in [-0.25, -0.2) is 23.4 Å². The highest BCUT2D eigenvalue weighted by atomic mass is 32.2. The van der Waals surface area contributed by atoms with Gasteiger partial charge in [0.15, 0.2) is 5.03 Å². The van der Waals surface area contributed by atoms with Crippen LogP contribution in [-0.4, -0.2) is 51.4 Å². The molecular formula is C15H21N5O3S. The fourth-order valence-electron chi connectivity index (χ4n) is 2.60. The molecule has 0 saturated carbocycles. The van der Waals surface area contributed by atoms with Crippen molar-refractivity contribution in [2.24, 2.45) is 0 Å². The Morgan fingerprint density at radius 1 is 1.33 bits per heavy atom. The van der Waals surface area contributed by atoms with E-state index in [-0.39, 0.29) is 17.2 Å². The Hall–Kier alpha value is -2.00. The molecule has 3 heterocycles. The quantitative estimate of drug-likeness (QED) is 0.810. The van der Waals surface area contributed by atoms with Crippen molar-refractivity contribution in [2.75, 3.05) is 13.1 Å². The number of aromatic nitrogens is 4. The van der Waals surface area contributed by atoms with Crippen molar-refractivity contribution in [3.63, 3.8) is 0 Å². The smallest absolute Gasteiger partial charge is 0.262 e. The zero-order valence-corrected chi connectivity index (χ0v) is 14.6. The molecule has 2 aromatic rings. The molecule has 0 bridgehead atoms. The molecule has 130 valence electrons. The number of nitrogens with zero attached hydrogens (tertiary/aromatic N) is 5. The minimum atomic E-state index is -3.61. The second-order valence-corrected chi connectivity index (χ2v) is 7.93. The van der Waals surface area contributed by atoms with Gasteiger partial charge in [0, 0.05) is 31.0 Å². The zero-order valence-electron chi connectivity index (χ0n) is 13.7.